The number of carbonyl (C=O) groups excluding carboxylic acids is 2. The molecule has 2 N–H and O–H groups in total. The first-order valence-electron chi connectivity index (χ1n) is 6.75. The highest BCUT2D eigenvalue weighted by molar-refractivity contribution is 8.01. The van der Waals surface area contributed by atoms with Crippen LogP contribution in [0.3, 0.4) is 0 Å². The fourth-order valence-corrected chi connectivity index (χ4v) is 4.21. The molecule has 3 atom stereocenters. The number of carbonyl (C=O) groups is 3. The SMILES string of the molecule is CC(C)C(NC(=O)C1CSC2(C)CCC(=O)N12)C(=O)O. The number of hydrogen-bond acceptors (Lipinski definition) is 4. The molecule has 2 rings (SSSR count). The van der Waals surface area contributed by atoms with E-state index in [2.05, 4.69) is 5.32 Å². The maximum absolute atomic E-state index is 12.3. The summed E-state index contributed by atoms with van der Waals surface area (Å²) in [5.74, 6) is -1.11. The molecule has 3 unspecified atom stereocenters. The van der Waals surface area contributed by atoms with Crippen LogP contribution in [0.5, 0.6) is 0 Å². The third-order valence-corrected chi connectivity index (χ3v) is 5.48. The zero-order valence-corrected chi connectivity index (χ0v) is 12.7. The normalized spacial score (nSPS) is 30.5. The second kappa shape index (κ2) is 5.27. The quantitative estimate of drug-likeness (QED) is 0.797. The Morgan fingerprint density at radius 2 is 2.15 bits per heavy atom. The van der Waals surface area contributed by atoms with E-state index in [4.69, 9.17) is 5.11 Å². The molecule has 0 radical (unpaired) electrons. The van der Waals surface area contributed by atoms with Crippen LogP contribution in [0.2, 0.25) is 0 Å². The maximum atomic E-state index is 12.3. The summed E-state index contributed by atoms with van der Waals surface area (Å²) in [5.41, 5.74) is 0. The zero-order valence-electron chi connectivity index (χ0n) is 11.9. The van der Waals surface area contributed by atoms with E-state index in [1.807, 2.05) is 6.92 Å². The van der Waals surface area contributed by atoms with Crippen LogP contribution in [0.1, 0.15) is 33.6 Å². The zero-order chi connectivity index (χ0) is 15.1. The van der Waals surface area contributed by atoms with Crippen molar-refractivity contribution >= 4 is 29.5 Å². The maximum Gasteiger partial charge on any atom is 0.326 e. The first-order valence-corrected chi connectivity index (χ1v) is 7.74. The van der Waals surface area contributed by atoms with Crippen LogP contribution in [0.15, 0.2) is 0 Å². The van der Waals surface area contributed by atoms with Crippen LogP contribution in [0, 0.1) is 5.92 Å². The summed E-state index contributed by atoms with van der Waals surface area (Å²) >= 11 is 1.60. The van der Waals surface area contributed by atoms with Gasteiger partial charge in [0, 0.05) is 12.2 Å². The van der Waals surface area contributed by atoms with E-state index in [0.717, 1.165) is 6.42 Å². The van der Waals surface area contributed by atoms with Gasteiger partial charge in [-0.05, 0) is 19.3 Å². The third kappa shape index (κ3) is 2.51. The van der Waals surface area contributed by atoms with Crippen molar-refractivity contribution in [2.75, 3.05) is 5.75 Å². The highest BCUT2D eigenvalue weighted by atomic mass is 32.2. The van der Waals surface area contributed by atoms with Crippen molar-refractivity contribution < 1.29 is 19.5 Å². The molecule has 0 bridgehead atoms. The van der Waals surface area contributed by atoms with Gasteiger partial charge >= 0.3 is 5.97 Å². The number of carboxylic acid groups (broad SMARTS) is 1. The van der Waals surface area contributed by atoms with Crippen LogP contribution >= 0.6 is 11.8 Å². The molecule has 0 aliphatic carbocycles. The first-order chi connectivity index (χ1) is 9.26. The predicted molar refractivity (Wildman–Crippen MR) is 75.1 cm³/mol. The van der Waals surface area contributed by atoms with Gasteiger partial charge in [-0.25, -0.2) is 4.79 Å². The minimum absolute atomic E-state index is 0.0194. The van der Waals surface area contributed by atoms with Crippen LogP contribution in [0.4, 0.5) is 0 Å². The molecular formula is C13H20N2O4S. The summed E-state index contributed by atoms with van der Waals surface area (Å²) in [7, 11) is 0. The van der Waals surface area contributed by atoms with E-state index < -0.39 is 18.1 Å². The number of aliphatic carboxylic acids is 1. The summed E-state index contributed by atoms with van der Waals surface area (Å²) in [6.45, 7) is 5.45. The topological polar surface area (TPSA) is 86.7 Å². The van der Waals surface area contributed by atoms with E-state index in [-0.39, 0.29) is 22.6 Å². The standard InChI is InChI=1S/C13H20N2O4S/c1-7(2)10(12(18)19)14-11(17)8-6-20-13(3)5-4-9(16)15(8)13/h7-8,10H,4-6H2,1-3H3,(H,14,17)(H,18,19). The summed E-state index contributed by atoms with van der Waals surface area (Å²) in [6, 6.07) is -1.47. The van der Waals surface area contributed by atoms with Crippen molar-refractivity contribution in [1.29, 1.82) is 0 Å². The number of thioether (sulfide) groups is 1. The highest BCUT2D eigenvalue weighted by Gasteiger charge is 2.53. The number of fused-ring (bicyclic) bond motifs is 1. The molecule has 0 aromatic heterocycles. The second-order valence-corrected chi connectivity index (χ2v) is 7.34. The molecule has 2 heterocycles. The Balaban J connectivity index is 2.10. The van der Waals surface area contributed by atoms with Crippen LogP contribution in [-0.2, 0) is 14.4 Å². The highest BCUT2D eigenvalue weighted by Crippen LogP contribution is 2.47. The molecule has 6 nitrogen and oxygen atoms in total. The third-order valence-electron chi connectivity index (χ3n) is 3.98. The van der Waals surface area contributed by atoms with Crippen LogP contribution in [0.25, 0.3) is 0 Å². The predicted octanol–water partition coefficient (Wildman–Crippen LogP) is 0.666. The lowest BCUT2D eigenvalue weighted by Gasteiger charge is -2.30. The fourth-order valence-electron chi connectivity index (χ4n) is 2.78. The number of nitrogens with zero attached hydrogens (tertiary/aromatic N) is 1. The average Bonchev–Trinajstić information content (AvgIpc) is 2.83. The number of carboxylic acids is 1. The molecule has 0 aromatic rings. The van der Waals surface area contributed by atoms with Gasteiger partial charge in [-0.2, -0.15) is 0 Å². The molecule has 0 saturated carbocycles. The molecule has 2 saturated heterocycles. The van der Waals surface area contributed by atoms with Gasteiger partial charge in [0.15, 0.2) is 0 Å². The van der Waals surface area contributed by atoms with Gasteiger partial charge in [0.25, 0.3) is 0 Å². The minimum atomic E-state index is -1.05. The fraction of sp³-hybridized carbons (Fsp3) is 0.769. The van der Waals surface area contributed by atoms with E-state index >= 15 is 0 Å². The van der Waals surface area contributed by atoms with Gasteiger partial charge in [0.1, 0.15) is 12.1 Å². The average molecular weight is 300 g/mol. The van der Waals surface area contributed by atoms with E-state index in [9.17, 15) is 14.4 Å². The molecule has 0 aromatic carbocycles. The molecular weight excluding hydrogens is 280 g/mol. The molecule has 2 amide bonds. The van der Waals surface area contributed by atoms with Crippen molar-refractivity contribution in [3.05, 3.63) is 0 Å². The van der Waals surface area contributed by atoms with Crippen molar-refractivity contribution in [1.82, 2.24) is 10.2 Å². The Labute approximate surface area is 122 Å². The largest absolute Gasteiger partial charge is 0.480 e. The monoisotopic (exact) mass is 300 g/mol. The molecule has 2 aliphatic rings. The molecule has 112 valence electrons. The Bertz CT molecular complexity index is 454. The second-order valence-electron chi connectivity index (χ2n) is 5.83. The number of nitrogens with one attached hydrogen (secondary N) is 1. The number of amides is 2. The van der Waals surface area contributed by atoms with Gasteiger partial charge < -0.3 is 15.3 Å². The van der Waals surface area contributed by atoms with Gasteiger partial charge in [-0.3, -0.25) is 9.59 Å². The van der Waals surface area contributed by atoms with Crippen LogP contribution < -0.4 is 5.32 Å². The Morgan fingerprint density at radius 3 is 2.70 bits per heavy atom. The minimum Gasteiger partial charge on any atom is -0.480 e. The van der Waals surface area contributed by atoms with Gasteiger partial charge in [-0.15, -0.1) is 11.8 Å². The lowest BCUT2D eigenvalue weighted by molar-refractivity contribution is -0.145. The number of rotatable bonds is 4. The summed E-state index contributed by atoms with van der Waals surface area (Å²) in [4.78, 5) is 36.7. The molecule has 2 aliphatic heterocycles. The Morgan fingerprint density at radius 1 is 1.50 bits per heavy atom. The van der Waals surface area contributed by atoms with Crippen molar-refractivity contribution in [2.24, 2.45) is 5.92 Å². The Hall–Kier alpha value is -1.24. The molecule has 7 heteroatoms. The van der Waals surface area contributed by atoms with Crippen molar-refractivity contribution in [2.45, 2.75) is 50.6 Å². The van der Waals surface area contributed by atoms with Gasteiger partial charge in [-0.1, -0.05) is 13.8 Å². The number of hydrogen-bond donors (Lipinski definition) is 2. The molecule has 20 heavy (non-hydrogen) atoms. The van der Waals surface area contributed by atoms with E-state index in [1.54, 1.807) is 30.5 Å². The first kappa shape index (κ1) is 15.2. The lowest BCUT2D eigenvalue weighted by atomic mass is 10.0. The van der Waals surface area contributed by atoms with Crippen molar-refractivity contribution in [3.8, 4) is 0 Å². The molecule has 2 fully saturated rings. The smallest absolute Gasteiger partial charge is 0.326 e. The lowest BCUT2D eigenvalue weighted by Crippen LogP contribution is -2.54. The van der Waals surface area contributed by atoms with Gasteiger partial charge in [0.05, 0.1) is 4.87 Å². The summed E-state index contributed by atoms with van der Waals surface area (Å²) in [5, 5.41) is 11.7. The van der Waals surface area contributed by atoms with Gasteiger partial charge in [0.2, 0.25) is 11.8 Å². The Kier molecular flexibility index (Phi) is 4.00. The summed E-state index contributed by atoms with van der Waals surface area (Å²) in [6.07, 6.45) is 1.20. The van der Waals surface area contributed by atoms with E-state index in [1.165, 1.54) is 0 Å². The van der Waals surface area contributed by atoms with Crippen LogP contribution in [-0.4, -0.2) is 50.5 Å². The van der Waals surface area contributed by atoms with E-state index in [0.29, 0.717) is 12.2 Å². The summed E-state index contributed by atoms with van der Waals surface area (Å²) < 4.78 is 0. The van der Waals surface area contributed by atoms with Crippen molar-refractivity contribution in [3.63, 3.8) is 0 Å². The molecule has 0 spiro atoms.